The van der Waals surface area contributed by atoms with E-state index in [2.05, 4.69) is 31.5 Å². The molecule has 0 saturated heterocycles. The summed E-state index contributed by atoms with van der Waals surface area (Å²) in [6.45, 7) is 0. The van der Waals surface area contributed by atoms with Crippen LogP contribution in [0.1, 0.15) is 11.1 Å². The van der Waals surface area contributed by atoms with E-state index in [1.54, 1.807) is 18.3 Å². The fourth-order valence-electron chi connectivity index (χ4n) is 3.56. The van der Waals surface area contributed by atoms with E-state index in [1.807, 2.05) is 18.2 Å². The molecule has 0 aliphatic rings. The number of sulfonamides is 1. The molecule has 178 valence electrons. The highest BCUT2D eigenvalue weighted by molar-refractivity contribution is 7.92. The Morgan fingerprint density at radius 1 is 1.00 bits per heavy atom. The first-order valence-corrected chi connectivity index (χ1v) is 12.3. The van der Waals surface area contributed by atoms with Gasteiger partial charge >= 0.3 is 0 Å². The van der Waals surface area contributed by atoms with Crippen molar-refractivity contribution >= 4 is 38.3 Å². The van der Waals surface area contributed by atoms with E-state index < -0.39 is 32.9 Å². The van der Waals surface area contributed by atoms with Crippen molar-refractivity contribution in [1.82, 2.24) is 15.0 Å². The van der Waals surface area contributed by atoms with Crippen molar-refractivity contribution in [1.29, 1.82) is 0 Å². The van der Waals surface area contributed by atoms with Crippen LogP contribution in [0.25, 0.3) is 22.2 Å². The Morgan fingerprint density at radius 2 is 1.86 bits per heavy atom. The van der Waals surface area contributed by atoms with E-state index in [-0.39, 0.29) is 4.90 Å². The Hall–Kier alpha value is -4.26. The number of hydrogen-bond donors (Lipinski definition) is 2. The molecule has 0 amide bonds. The number of aromatic nitrogens is 3. The van der Waals surface area contributed by atoms with Gasteiger partial charge in [-0.25, -0.2) is 22.2 Å². The molecule has 0 atom stereocenters. The minimum absolute atomic E-state index is 0.164. The standard InChI is InChI=1S/C26H15ClF2N4O2S/c27-18-4-1-3-17(12-18)22-15-32-26-21(22)11-16(13-31-26)6-7-20-23(28)8-9-24(25(20)29)33-36(34,35)19-5-2-10-30-14-19/h1-5,8-15,33H,(H,31,32). The third kappa shape index (κ3) is 4.64. The molecule has 2 aromatic carbocycles. The third-order valence-electron chi connectivity index (χ3n) is 5.28. The summed E-state index contributed by atoms with van der Waals surface area (Å²) < 4.78 is 56.7. The lowest BCUT2D eigenvalue weighted by molar-refractivity contribution is 0.578. The summed E-state index contributed by atoms with van der Waals surface area (Å²) in [5.41, 5.74) is 1.71. The Labute approximate surface area is 210 Å². The average molecular weight is 521 g/mol. The average Bonchev–Trinajstić information content (AvgIpc) is 3.30. The van der Waals surface area contributed by atoms with Gasteiger partial charge < -0.3 is 4.98 Å². The van der Waals surface area contributed by atoms with E-state index in [0.29, 0.717) is 16.2 Å². The molecule has 0 aliphatic heterocycles. The van der Waals surface area contributed by atoms with Gasteiger partial charge in [-0.3, -0.25) is 9.71 Å². The molecule has 3 heterocycles. The number of fused-ring (bicyclic) bond motifs is 1. The van der Waals surface area contributed by atoms with Gasteiger partial charge in [0.05, 0.1) is 11.3 Å². The first-order chi connectivity index (χ1) is 17.3. The van der Waals surface area contributed by atoms with Crippen molar-refractivity contribution in [2.24, 2.45) is 0 Å². The number of nitrogens with zero attached hydrogens (tertiary/aromatic N) is 2. The van der Waals surface area contributed by atoms with Crippen LogP contribution < -0.4 is 4.72 Å². The minimum atomic E-state index is -4.13. The molecule has 5 rings (SSSR count). The Balaban J connectivity index is 1.50. The smallest absolute Gasteiger partial charge is 0.263 e. The Morgan fingerprint density at radius 3 is 2.64 bits per heavy atom. The van der Waals surface area contributed by atoms with E-state index in [0.717, 1.165) is 34.8 Å². The number of nitrogens with one attached hydrogen (secondary N) is 2. The molecule has 0 aliphatic carbocycles. The molecule has 0 fully saturated rings. The summed E-state index contributed by atoms with van der Waals surface area (Å²) in [4.78, 5) is 11.0. The molecule has 10 heteroatoms. The highest BCUT2D eigenvalue weighted by Gasteiger charge is 2.19. The monoisotopic (exact) mass is 520 g/mol. The maximum absolute atomic E-state index is 15.1. The van der Waals surface area contributed by atoms with Gasteiger partial charge in [-0.1, -0.05) is 35.6 Å². The van der Waals surface area contributed by atoms with Crippen molar-refractivity contribution in [3.05, 3.63) is 107 Å². The molecule has 0 bridgehead atoms. The number of hydrogen-bond acceptors (Lipinski definition) is 4. The van der Waals surface area contributed by atoms with Crippen molar-refractivity contribution in [3.8, 4) is 23.0 Å². The normalized spacial score (nSPS) is 11.2. The van der Waals surface area contributed by atoms with Crippen LogP contribution in [-0.4, -0.2) is 23.4 Å². The Kier molecular flexibility index (Phi) is 6.14. The van der Waals surface area contributed by atoms with Gasteiger partial charge in [0.15, 0.2) is 5.82 Å². The van der Waals surface area contributed by atoms with Crippen LogP contribution in [0.4, 0.5) is 14.5 Å². The van der Waals surface area contributed by atoms with Crippen molar-refractivity contribution in [2.75, 3.05) is 4.72 Å². The zero-order valence-electron chi connectivity index (χ0n) is 18.3. The Bertz CT molecular complexity index is 1780. The summed E-state index contributed by atoms with van der Waals surface area (Å²) in [7, 11) is -4.13. The first kappa shape index (κ1) is 23.5. The maximum atomic E-state index is 15.1. The van der Waals surface area contributed by atoms with Crippen LogP contribution in [0.15, 0.2) is 84.3 Å². The second kappa shape index (κ2) is 9.41. The molecule has 5 aromatic rings. The fraction of sp³-hybridized carbons (Fsp3) is 0. The number of pyridine rings is 2. The van der Waals surface area contributed by atoms with Gasteiger partial charge in [0.25, 0.3) is 10.0 Å². The van der Waals surface area contributed by atoms with Gasteiger partial charge in [-0.05, 0) is 48.0 Å². The summed E-state index contributed by atoms with van der Waals surface area (Å²) in [5.74, 6) is 3.12. The van der Waals surface area contributed by atoms with Crippen molar-refractivity contribution < 1.29 is 17.2 Å². The summed E-state index contributed by atoms with van der Waals surface area (Å²) in [6, 6.07) is 13.7. The number of benzene rings is 2. The van der Waals surface area contributed by atoms with Crippen LogP contribution in [0.2, 0.25) is 5.02 Å². The number of H-pyrrole nitrogens is 1. The summed E-state index contributed by atoms with van der Waals surface area (Å²) in [5, 5.41) is 1.33. The number of halogens is 3. The molecule has 36 heavy (non-hydrogen) atoms. The summed E-state index contributed by atoms with van der Waals surface area (Å²) in [6.07, 6.45) is 5.78. The largest absolute Gasteiger partial charge is 0.346 e. The predicted molar refractivity (Wildman–Crippen MR) is 134 cm³/mol. The predicted octanol–water partition coefficient (Wildman–Crippen LogP) is 5.76. The van der Waals surface area contributed by atoms with Crippen molar-refractivity contribution in [2.45, 2.75) is 4.90 Å². The second-order valence-corrected chi connectivity index (χ2v) is 9.78. The van der Waals surface area contributed by atoms with Crippen LogP contribution >= 0.6 is 11.6 Å². The summed E-state index contributed by atoms with van der Waals surface area (Å²) >= 11 is 6.11. The fourth-order valence-corrected chi connectivity index (χ4v) is 4.77. The second-order valence-electron chi connectivity index (χ2n) is 7.66. The lowest BCUT2D eigenvalue weighted by Gasteiger charge is -2.10. The molecular formula is C26H15ClF2N4O2S. The van der Waals surface area contributed by atoms with E-state index >= 15 is 4.39 Å². The zero-order valence-corrected chi connectivity index (χ0v) is 19.8. The van der Waals surface area contributed by atoms with E-state index in [4.69, 9.17) is 11.6 Å². The highest BCUT2D eigenvalue weighted by Crippen LogP contribution is 2.30. The molecule has 0 unspecified atom stereocenters. The molecule has 0 spiro atoms. The van der Waals surface area contributed by atoms with Crippen LogP contribution in [0.5, 0.6) is 0 Å². The van der Waals surface area contributed by atoms with Crippen molar-refractivity contribution in [3.63, 3.8) is 0 Å². The van der Waals surface area contributed by atoms with E-state index in [1.165, 1.54) is 24.5 Å². The molecular weight excluding hydrogens is 506 g/mol. The molecule has 3 aromatic heterocycles. The van der Waals surface area contributed by atoms with Gasteiger partial charge in [0.1, 0.15) is 16.4 Å². The molecule has 2 N–H and O–H groups in total. The van der Waals surface area contributed by atoms with Gasteiger partial charge in [0, 0.05) is 46.3 Å². The third-order valence-corrected chi connectivity index (χ3v) is 6.86. The lowest BCUT2D eigenvalue weighted by Crippen LogP contribution is -2.14. The molecule has 0 radical (unpaired) electrons. The van der Waals surface area contributed by atoms with Crippen LogP contribution in [0, 0.1) is 23.5 Å². The highest BCUT2D eigenvalue weighted by atomic mass is 35.5. The first-order valence-electron chi connectivity index (χ1n) is 10.5. The lowest BCUT2D eigenvalue weighted by atomic mass is 10.0. The van der Waals surface area contributed by atoms with Crippen LogP contribution in [-0.2, 0) is 10.0 Å². The number of anilines is 1. The van der Waals surface area contributed by atoms with Gasteiger partial charge in [-0.2, -0.15) is 0 Å². The van der Waals surface area contributed by atoms with E-state index in [9.17, 15) is 12.8 Å². The maximum Gasteiger partial charge on any atom is 0.263 e. The topological polar surface area (TPSA) is 87.7 Å². The van der Waals surface area contributed by atoms with Gasteiger partial charge in [-0.15, -0.1) is 0 Å². The molecule has 0 saturated carbocycles. The number of aromatic amines is 1. The van der Waals surface area contributed by atoms with Gasteiger partial charge in [0.2, 0.25) is 0 Å². The zero-order chi connectivity index (χ0) is 25.3. The quantitative estimate of drug-likeness (QED) is 0.295. The molecule has 6 nitrogen and oxygen atoms in total. The van der Waals surface area contributed by atoms with Crippen LogP contribution in [0.3, 0.4) is 0 Å². The number of rotatable bonds is 4. The SMILES string of the molecule is O=S(=O)(Nc1ccc(F)c(C#Cc2cnc3[nH]cc(-c4cccc(Cl)c4)c3c2)c1F)c1cccnc1. The minimum Gasteiger partial charge on any atom is -0.346 e.